The molecule has 0 aromatic carbocycles. The third-order valence-corrected chi connectivity index (χ3v) is 2.81. The van der Waals surface area contributed by atoms with Crippen LogP contribution in [0.5, 0.6) is 0 Å². The second-order valence-corrected chi connectivity index (χ2v) is 3.93. The van der Waals surface area contributed by atoms with Crippen molar-refractivity contribution in [2.75, 3.05) is 13.2 Å². The smallest absolute Gasteiger partial charge is 0.0699 e. The molecule has 0 bridgehead atoms. The largest absolute Gasteiger partial charge is 0.381 e. The Labute approximate surface area is 89.5 Å². The first kappa shape index (κ1) is 10.2. The minimum Gasteiger partial charge on any atom is -0.381 e. The average Bonchev–Trinajstić information content (AvgIpc) is 2.62. The lowest BCUT2D eigenvalue weighted by Gasteiger charge is -2.20. The van der Waals surface area contributed by atoms with Gasteiger partial charge in [0.25, 0.3) is 0 Å². The van der Waals surface area contributed by atoms with Crippen LogP contribution in [0.15, 0.2) is 6.20 Å². The fraction of sp³-hybridized carbons (Fsp3) is 0.636. The normalized spacial score (nSPS) is 17.6. The Hall–Kier alpha value is -1.34. The molecule has 15 heavy (non-hydrogen) atoms. The van der Waals surface area contributed by atoms with Crippen molar-refractivity contribution >= 4 is 0 Å². The molecule has 1 aromatic heterocycles. The van der Waals surface area contributed by atoms with E-state index in [2.05, 4.69) is 11.2 Å². The van der Waals surface area contributed by atoms with Crippen molar-refractivity contribution in [2.45, 2.75) is 25.2 Å². The van der Waals surface area contributed by atoms with Crippen LogP contribution < -0.4 is 0 Å². The Morgan fingerprint density at radius 1 is 1.60 bits per heavy atom. The summed E-state index contributed by atoms with van der Waals surface area (Å²) in [4.78, 5) is 0. The van der Waals surface area contributed by atoms with E-state index in [0.717, 1.165) is 37.3 Å². The van der Waals surface area contributed by atoms with E-state index in [4.69, 9.17) is 10.00 Å². The summed E-state index contributed by atoms with van der Waals surface area (Å²) in [6.07, 6.45) is 4.46. The lowest BCUT2D eigenvalue weighted by Crippen LogP contribution is -2.15. The number of rotatable bonds is 2. The molecule has 1 fully saturated rings. The van der Waals surface area contributed by atoms with Crippen molar-refractivity contribution in [3.8, 4) is 6.07 Å². The molecule has 80 valence electrons. The molecule has 2 heterocycles. The molecule has 0 N–H and O–H groups in total. The summed E-state index contributed by atoms with van der Waals surface area (Å²) in [5.74, 6) is 0.475. The van der Waals surface area contributed by atoms with E-state index in [1.54, 1.807) is 4.68 Å². The standard InChI is InChI=1S/C11H15N3O/c1-14-8-10(2-5-12)11(13-14)9-3-6-15-7-4-9/h8-9H,2-4,6-7H2,1H3. The van der Waals surface area contributed by atoms with Gasteiger partial charge in [0, 0.05) is 37.9 Å². The van der Waals surface area contributed by atoms with Gasteiger partial charge in [-0.2, -0.15) is 10.4 Å². The van der Waals surface area contributed by atoms with Crippen molar-refractivity contribution in [3.63, 3.8) is 0 Å². The highest BCUT2D eigenvalue weighted by Crippen LogP contribution is 2.28. The maximum atomic E-state index is 8.74. The molecule has 1 saturated heterocycles. The van der Waals surface area contributed by atoms with Crippen molar-refractivity contribution in [3.05, 3.63) is 17.5 Å². The molecule has 4 nitrogen and oxygen atoms in total. The Bertz CT molecular complexity index is 372. The molecule has 0 atom stereocenters. The number of ether oxygens (including phenoxy) is 1. The van der Waals surface area contributed by atoms with Gasteiger partial charge in [0.15, 0.2) is 0 Å². The minimum atomic E-state index is 0.459. The van der Waals surface area contributed by atoms with Crippen LogP contribution in [-0.2, 0) is 18.2 Å². The van der Waals surface area contributed by atoms with Gasteiger partial charge in [-0.15, -0.1) is 0 Å². The molecule has 0 amide bonds. The molecular formula is C11H15N3O. The van der Waals surface area contributed by atoms with Gasteiger partial charge in [-0.1, -0.05) is 0 Å². The highest BCUT2D eigenvalue weighted by Gasteiger charge is 2.21. The SMILES string of the molecule is Cn1cc(CC#N)c(C2CCOCC2)n1. The molecule has 0 saturated carbocycles. The Balaban J connectivity index is 2.21. The summed E-state index contributed by atoms with van der Waals surface area (Å²) in [7, 11) is 1.91. The number of aryl methyl sites for hydroxylation is 1. The van der Waals surface area contributed by atoms with E-state index in [0.29, 0.717) is 12.3 Å². The molecule has 1 aliphatic heterocycles. The first-order valence-corrected chi connectivity index (χ1v) is 5.28. The zero-order chi connectivity index (χ0) is 10.7. The fourth-order valence-corrected chi connectivity index (χ4v) is 2.09. The van der Waals surface area contributed by atoms with Crippen LogP contribution in [0, 0.1) is 11.3 Å². The summed E-state index contributed by atoms with van der Waals surface area (Å²) in [5, 5.41) is 13.2. The molecule has 0 unspecified atom stereocenters. The van der Waals surface area contributed by atoms with Gasteiger partial charge in [-0.25, -0.2) is 0 Å². The zero-order valence-corrected chi connectivity index (χ0v) is 8.94. The number of nitrogens with zero attached hydrogens (tertiary/aromatic N) is 3. The lowest BCUT2D eigenvalue weighted by molar-refractivity contribution is 0.0842. The van der Waals surface area contributed by atoms with Crippen LogP contribution in [0.3, 0.4) is 0 Å². The van der Waals surface area contributed by atoms with Crippen molar-refractivity contribution in [2.24, 2.45) is 7.05 Å². The van der Waals surface area contributed by atoms with Crippen molar-refractivity contribution < 1.29 is 4.74 Å². The number of nitriles is 1. The first-order valence-electron chi connectivity index (χ1n) is 5.28. The first-order chi connectivity index (χ1) is 7.31. The maximum absolute atomic E-state index is 8.74. The van der Waals surface area contributed by atoms with Crippen LogP contribution in [0.2, 0.25) is 0 Å². The molecule has 2 rings (SSSR count). The van der Waals surface area contributed by atoms with Gasteiger partial charge >= 0.3 is 0 Å². The van der Waals surface area contributed by atoms with E-state index in [1.807, 2.05) is 13.2 Å². The van der Waals surface area contributed by atoms with E-state index in [-0.39, 0.29) is 0 Å². The molecule has 1 aromatic rings. The second kappa shape index (κ2) is 4.45. The van der Waals surface area contributed by atoms with Crippen LogP contribution in [0.1, 0.15) is 30.0 Å². The maximum Gasteiger partial charge on any atom is 0.0699 e. The van der Waals surface area contributed by atoms with E-state index in [1.165, 1.54) is 0 Å². The van der Waals surface area contributed by atoms with Crippen molar-refractivity contribution in [1.29, 1.82) is 5.26 Å². The van der Waals surface area contributed by atoms with E-state index in [9.17, 15) is 0 Å². The molecule has 0 aliphatic carbocycles. The summed E-state index contributed by atoms with van der Waals surface area (Å²) in [5.41, 5.74) is 2.18. The highest BCUT2D eigenvalue weighted by atomic mass is 16.5. The predicted molar refractivity (Wildman–Crippen MR) is 55.3 cm³/mol. The Kier molecular flexibility index (Phi) is 3.02. The van der Waals surface area contributed by atoms with Gasteiger partial charge < -0.3 is 4.74 Å². The monoisotopic (exact) mass is 205 g/mol. The second-order valence-electron chi connectivity index (χ2n) is 3.93. The quantitative estimate of drug-likeness (QED) is 0.733. The highest BCUT2D eigenvalue weighted by molar-refractivity contribution is 5.24. The minimum absolute atomic E-state index is 0.459. The Morgan fingerprint density at radius 2 is 2.33 bits per heavy atom. The number of aromatic nitrogens is 2. The molecule has 0 spiro atoms. The Morgan fingerprint density at radius 3 is 3.00 bits per heavy atom. The van der Waals surface area contributed by atoms with Crippen LogP contribution in [0.25, 0.3) is 0 Å². The van der Waals surface area contributed by atoms with E-state index >= 15 is 0 Å². The summed E-state index contributed by atoms with van der Waals surface area (Å²) in [6, 6.07) is 2.19. The summed E-state index contributed by atoms with van der Waals surface area (Å²) >= 11 is 0. The van der Waals surface area contributed by atoms with Crippen LogP contribution in [-0.4, -0.2) is 23.0 Å². The predicted octanol–water partition coefficient (Wildman–Crippen LogP) is 1.38. The molecular weight excluding hydrogens is 190 g/mol. The number of hydrogen-bond acceptors (Lipinski definition) is 3. The summed E-state index contributed by atoms with van der Waals surface area (Å²) < 4.78 is 7.13. The fourth-order valence-electron chi connectivity index (χ4n) is 2.09. The van der Waals surface area contributed by atoms with Gasteiger partial charge in [0.05, 0.1) is 18.2 Å². The number of hydrogen-bond donors (Lipinski definition) is 0. The van der Waals surface area contributed by atoms with Gasteiger partial charge in [-0.3, -0.25) is 4.68 Å². The van der Waals surface area contributed by atoms with E-state index < -0.39 is 0 Å². The topological polar surface area (TPSA) is 50.8 Å². The third kappa shape index (κ3) is 2.18. The summed E-state index contributed by atoms with van der Waals surface area (Å²) in [6.45, 7) is 1.63. The van der Waals surface area contributed by atoms with Crippen LogP contribution >= 0.6 is 0 Å². The van der Waals surface area contributed by atoms with Gasteiger partial charge in [0.1, 0.15) is 0 Å². The van der Waals surface area contributed by atoms with Gasteiger partial charge in [0.2, 0.25) is 0 Å². The molecule has 0 radical (unpaired) electrons. The van der Waals surface area contributed by atoms with Crippen molar-refractivity contribution in [1.82, 2.24) is 9.78 Å². The van der Waals surface area contributed by atoms with Gasteiger partial charge in [-0.05, 0) is 12.8 Å². The average molecular weight is 205 g/mol. The van der Waals surface area contributed by atoms with Crippen LogP contribution in [0.4, 0.5) is 0 Å². The third-order valence-electron chi connectivity index (χ3n) is 2.81. The zero-order valence-electron chi connectivity index (χ0n) is 8.94. The molecule has 1 aliphatic rings. The molecule has 4 heteroatoms. The lowest BCUT2D eigenvalue weighted by atomic mass is 9.93.